The number of primary amides is 1. The Hall–Kier alpha value is -0.570. The fourth-order valence-corrected chi connectivity index (χ4v) is 2.83. The smallest absolute Gasteiger partial charge is 0.224 e. The fraction of sp³-hybridized carbons (Fsp3) is 0.882. The second-order valence-electron chi connectivity index (χ2n) is 6.96. The molecule has 142 valence electrons. The van der Waals surface area contributed by atoms with Crippen LogP contribution in [-0.2, 0) is 4.79 Å². The van der Waals surface area contributed by atoms with Crippen LogP contribution in [0.5, 0.6) is 0 Å². The molecule has 0 saturated carbocycles. The number of nitrogens with one attached hydrogen (secondary N) is 2. The summed E-state index contributed by atoms with van der Waals surface area (Å²) < 4.78 is 0. The Morgan fingerprint density at radius 1 is 1.29 bits per heavy atom. The third kappa shape index (κ3) is 8.00. The van der Waals surface area contributed by atoms with Gasteiger partial charge in [0.15, 0.2) is 5.96 Å². The maximum Gasteiger partial charge on any atom is 0.224 e. The molecule has 1 atom stereocenters. The van der Waals surface area contributed by atoms with Crippen LogP contribution in [0.25, 0.3) is 0 Å². The number of nitrogens with zero attached hydrogens (tertiary/aromatic N) is 2. The number of rotatable bonds is 8. The molecule has 0 radical (unpaired) electrons. The Bertz CT molecular complexity index is 400. The number of carbonyl (C=O) groups is 1. The van der Waals surface area contributed by atoms with E-state index in [1.165, 1.54) is 32.2 Å². The van der Waals surface area contributed by atoms with Crippen LogP contribution in [0.1, 0.15) is 53.4 Å². The summed E-state index contributed by atoms with van der Waals surface area (Å²) in [6.07, 6.45) is 5.20. The number of aliphatic imine (C=N–C) groups is 1. The van der Waals surface area contributed by atoms with Crippen molar-refractivity contribution < 1.29 is 4.79 Å². The minimum atomic E-state index is -0.622. The van der Waals surface area contributed by atoms with E-state index in [-0.39, 0.29) is 29.9 Å². The molecule has 0 bridgehead atoms. The molecule has 0 spiro atoms. The SMILES string of the molecule is CCNC(=NCC(C)(C)C(N)=O)NCCN1CCCCC1CC.I. The molecule has 1 heterocycles. The number of hydrogen-bond donors (Lipinski definition) is 3. The lowest BCUT2D eigenvalue weighted by molar-refractivity contribution is -0.125. The molecule has 4 N–H and O–H groups in total. The van der Waals surface area contributed by atoms with Crippen LogP contribution in [0.15, 0.2) is 4.99 Å². The predicted molar refractivity (Wildman–Crippen MR) is 112 cm³/mol. The Labute approximate surface area is 164 Å². The van der Waals surface area contributed by atoms with Crippen molar-refractivity contribution in [3.8, 4) is 0 Å². The zero-order valence-corrected chi connectivity index (χ0v) is 18.1. The number of piperidine rings is 1. The van der Waals surface area contributed by atoms with Crippen LogP contribution in [0.3, 0.4) is 0 Å². The summed E-state index contributed by atoms with van der Waals surface area (Å²) in [6, 6.07) is 0.721. The highest BCUT2D eigenvalue weighted by atomic mass is 127. The molecular formula is C17H36IN5O. The molecule has 1 saturated heterocycles. The van der Waals surface area contributed by atoms with Crippen molar-refractivity contribution in [2.24, 2.45) is 16.1 Å². The summed E-state index contributed by atoms with van der Waals surface area (Å²) in [6.45, 7) is 12.2. The molecule has 1 aliphatic heterocycles. The quantitative estimate of drug-likeness (QED) is 0.298. The van der Waals surface area contributed by atoms with Crippen LogP contribution < -0.4 is 16.4 Å². The van der Waals surface area contributed by atoms with Crippen LogP contribution >= 0.6 is 24.0 Å². The maximum absolute atomic E-state index is 11.4. The zero-order valence-electron chi connectivity index (χ0n) is 15.7. The topological polar surface area (TPSA) is 82.7 Å². The van der Waals surface area contributed by atoms with Gasteiger partial charge in [-0.3, -0.25) is 14.7 Å². The third-order valence-electron chi connectivity index (χ3n) is 4.56. The van der Waals surface area contributed by atoms with E-state index in [9.17, 15) is 4.79 Å². The molecular weight excluding hydrogens is 417 g/mol. The van der Waals surface area contributed by atoms with E-state index in [1.807, 2.05) is 20.8 Å². The van der Waals surface area contributed by atoms with E-state index >= 15 is 0 Å². The molecule has 1 unspecified atom stereocenters. The molecule has 7 heteroatoms. The summed E-state index contributed by atoms with van der Waals surface area (Å²) >= 11 is 0. The standard InChI is InChI=1S/C17H35N5O.HI/c1-5-14-9-7-8-11-22(14)12-10-20-16(19-6-2)21-13-17(3,4)15(18)23;/h14H,5-13H2,1-4H3,(H2,18,23)(H2,19,20,21);1H. The highest BCUT2D eigenvalue weighted by Crippen LogP contribution is 2.18. The fourth-order valence-electron chi connectivity index (χ4n) is 2.83. The number of hydrogen-bond acceptors (Lipinski definition) is 3. The van der Waals surface area contributed by atoms with Gasteiger partial charge in [-0.25, -0.2) is 0 Å². The first-order chi connectivity index (χ1) is 10.9. The lowest BCUT2D eigenvalue weighted by Gasteiger charge is -2.35. The van der Waals surface area contributed by atoms with Gasteiger partial charge in [0, 0.05) is 25.7 Å². The number of likely N-dealkylation sites (tertiary alicyclic amines) is 1. The van der Waals surface area contributed by atoms with Crippen molar-refractivity contribution >= 4 is 35.8 Å². The van der Waals surface area contributed by atoms with E-state index in [4.69, 9.17) is 5.73 Å². The van der Waals surface area contributed by atoms with E-state index in [0.717, 1.165) is 31.6 Å². The number of amides is 1. The number of guanidine groups is 1. The first-order valence-electron chi connectivity index (χ1n) is 8.96. The number of nitrogens with two attached hydrogens (primary N) is 1. The van der Waals surface area contributed by atoms with Gasteiger partial charge in [-0.1, -0.05) is 13.3 Å². The Kier molecular flexibility index (Phi) is 11.6. The summed E-state index contributed by atoms with van der Waals surface area (Å²) in [5, 5.41) is 6.59. The average Bonchev–Trinajstić information content (AvgIpc) is 2.53. The van der Waals surface area contributed by atoms with Gasteiger partial charge in [0.25, 0.3) is 0 Å². The van der Waals surface area contributed by atoms with E-state index in [0.29, 0.717) is 6.54 Å². The average molecular weight is 453 g/mol. The predicted octanol–water partition coefficient (Wildman–Crippen LogP) is 1.94. The third-order valence-corrected chi connectivity index (χ3v) is 4.56. The van der Waals surface area contributed by atoms with Crippen molar-refractivity contribution in [3.63, 3.8) is 0 Å². The normalized spacial score (nSPS) is 19.5. The van der Waals surface area contributed by atoms with Gasteiger partial charge >= 0.3 is 0 Å². The van der Waals surface area contributed by atoms with Gasteiger partial charge in [0.2, 0.25) is 5.91 Å². The second kappa shape index (κ2) is 11.9. The minimum absolute atomic E-state index is 0. The summed E-state index contributed by atoms with van der Waals surface area (Å²) in [5.74, 6) is 0.433. The largest absolute Gasteiger partial charge is 0.369 e. The molecule has 0 aromatic rings. The van der Waals surface area contributed by atoms with E-state index < -0.39 is 5.41 Å². The monoisotopic (exact) mass is 453 g/mol. The van der Waals surface area contributed by atoms with Gasteiger partial charge in [-0.2, -0.15) is 0 Å². The molecule has 1 amide bonds. The molecule has 1 rings (SSSR count). The lowest BCUT2D eigenvalue weighted by Crippen LogP contribution is -2.46. The number of halogens is 1. The van der Waals surface area contributed by atoms with Gasteiger partial charge in [-0.15, -0.1) is 24.0 Å². The van der Waals surface area contributed by atoms with Gasteiger partial charge in [0.05, 0.1) is 12.0 Å². The summed E-state index contributed by atoms with van der Waals surface area (Å²) in [5.41, 5.74) is 4.78. The number of carbonyl (C=O) groups excluding carboxylic acids is 1. The molecule has 0 aromatic carbocycles. The van der Waals surface area contributed by atoms with Gasteiger partial charge in [-0.05, 0) is 46.6 Å². The van der Waals surface area contributed by atoms with Crippen molar-refractivity contribution in [2.75, 3.05) is 32.7 Å². The first kappa shape index (κ1) is 23.4. The maximum atomic E-state index is 11.4. The van der Waals surface area contributed by atoms with Crippen LogP contribution in [0.4, 0.5) is 0 Å². The van der Waals surface area contributed by atoms with Crippen LogP contribution in [0.2, 0.25) is 0 Å². The highest BCUT2D eigenvalue weighted by Gasteiger charge is 2.24. The Morgan fingerprint density at radius 3 is 2.58 bits per heavy atom. The van der Waals surface area contributed by atoms with Crippen molar-refractivity contribution in [1.29, 1.82) is 0 Å². The second-order valence-corrected chi connectivity index (χ2v) is 6.96. The first-order valence-corrected chi connectivity index (χ1v) is 8.96. The Balaban J connectivity index is 0.00000529. The Morgan fingerprint density at radius 2 is 2.00 bits per heavy atom. The minimum Gasteiger partial charge on any atom is -0.369 e. The molecule has 1 aliphatic rings. The molecule has 1 fully saturated rings. The van der Waals surface area contributed by atoms with Crippen LogP contribution in [-0.4, -0.2) is 55.5 Å². The van der Waals surface area contributed by atoms with Gasteiger partial charge < -0.3 is 16.4 Å². The van der Waals surface area contributed by atoms with E-state index in [1.54, 1.807) is 0 Å². The highest BCUT2D eigenvalue weighted by molar-refractivity contribution is 14.0. The molecule has 6 nitrogen and oxygen atoms in total. The van der Waals surface area contributed by atoms with Crippen LogP contribution in [0, 0.1) is 5.41 Å². The molecule has 24 heavy (non-hydrogen) atoms. The lowest BCUT2D eigenvalue weighted by atomic mass is 9.93. The molecule has 0 aliphatic carbocycles. The molecule has 0 aromatic heterocycles. The van der Waals surface area contributed by atoms with Gasteiger partial charge in [0.1, 0.15) is 0 Å². The summed E-state index contributed by atoms with van der Waals surface area (Å²) in [7, 11) is 0. The van der Waals surface area contributed by atoms with E-state index in [2.05, 4.69) is 27.4 Å². The van der Waals surface area contributed by atoms with Crippen molar-refractivity contribution in [3.05, 3.63) is 0 Å². The van der Waals surface area contributed by atoms with Crippen molar-refractivity contribution in [2.45, 2.75) is 59.4 Å². The zero-order chi connectivity index (χ0) is 17.3. The summed E-state index contributed by atoms with van der Waals surface area (Å²) in [4.78, 5) is 18.5. The van der Waals surface area contributed by atoms with Crippen molar-refractivity contribution in [1.82, 2.24) is 15.5 Å².